The molecular formula is C15H21NO8S. The van der Waals surface area contributed by atoms with Gasteiger partial charge in [-0.1, -0.05) is 12.1 Å². The largest absolute Gasteiger partial charge is 0.427 e. The third kappa shape index (κ3) is 7.18. The van der Waals surface area contributed by atoms with Crippen molar-refractivity contribution < 1.29 is 36.8 Å². The summed E-state index contributed by atoms with van der Waals surface area (Å²) in [5.41, 5.74) is 0.537. The van der Waals surface area contributed by atoms with Gasteiger partial charge in [0.05, 0.1) is 19.3 Å². The van der Waals surface area contributed by atoms with Crippen LogP contribution < -0.4 is 10.1 Å². The summed E-state index contributed by atoms with van der Waals surface area (Å²) in [4.78, 5) is 22.3. The van der Waals surface area contributed by atoms with Crippen LogP contribution in [0.15, 0.2) is 24.3 Å². The molecule has 0 radical (unpaired) electrons. The minimum atomic E-state index is -3.73. The van der Waals surface area contributed by atoms with Crippen molar-refractivity contribution in [3.8, 4) is 5.75 Å². The number of ether oxygens (including phenoxy) is 2. The Hall–Kier alpha value is -2.01. The number of hydrogen-bond donors (Lipinski definition) is 2. The molecule has 1 aromatic carbocycles. The van der Waals surface area contributed by atoms with E-state index in [9.17, 15) is 23.1 Å². The predicted octanol–water partition coefficient (Wildman–Crippen LogP) is 0.100. The maximum absolute atomic E-state index is 11.6. The summed E-state index contributed by atoms with van der Waals surface area (Å²) in [7, 11) is -2.72. The fraction of sp³-hybridized carbons (Fsp3) is 0.467. The molecule has 0 aromatic heterocycles. The number of amides is 1. The normalized spacial score (nSPS) is 13.7. The van der Waals surface area contributed by atoms with Crippen LogP contribution >= 0.6 is 0 Å². The highest BCUT2D eigenvalue weighted by atomic mass is 32.2. The molecule has 0 aliphatic rings. The van der Waals surface area contributed by atoms with Crippen molar-refractivity contribution in [2.45, 2.75) is 25.7 Å². The lowest BCUT2D eigenvalue weighted by atomic mass is 10.1. The quantitative estimate of drug-likeness (QED) is 0.183. The van der Waals surface area contributed by atoms with Crippen LogP contribution in [0.1, 0.15) is 24.9 Å². The van der Waals surface area contributed by atoms with E-state index in [1.807, 2.05) is 0 Å². The van der Waals surface area contributed by atoms with Gasteiger partial charge in [-0.05, 0) is 24.6 Å². The molecule has 2 unspecified atom stereocenters. The van der Waals surface area contributed by atoms with Crippen LogP contribution in [0, 0.1) is 0 Å². The molecule has 1 aromatic rings. The van der Waals surface area contributed by atoms with Crippen LogP contribution in [0.25, 0.3) is 0 Å². The van der Waals surface area contributed by atoms with Gasteiger partial charge in [-0.3, -0.25) is 13.8 Å². The maximum Gasteiger partial charge on any atom is 0.312 e. The average Bonchev–Trinajstić information content (AvgIpc) is 2.59. The Balaban J connectivity index is 2.71. The molecule has 25 heavy (non-hydrogen) atoms. The van der Waals surface area contributed by atoms with E-state index >= 15 is 0 Å². The van der Waals surface area contributed by atoms with Crippen molar-refractivity contribution in [2.75, 3.05) is 19.5 Å². The zero-order chi connectivity index (χ0) is 18.9. The molecule has 0 spiro atoms. The lowest BCUT2D eigenvalue weighted by Gasteiger charge is -2.22. The summed E-state index contributed by atoms with van der Waals surface area (Å²) in [6.07, 6.45) is -1.14. The van der Waals surface area contributed by atoms with E-state index in [-0.39, 0.29) is 18.8 Å². The van der Waals surface area contributed by atoms with Crippen LogP contribution in [0.4, 0.5) is 0 Å². The number of carbonyl (C=O) groups is 2. The second-order valence-corrected chi connectivity index (χ2v) is 6.69. The Kier molecular flexibility index (Phi) is 8.49. The number of esters is 1. The molecule has 0 bridgehead atoms. The molecule has 0 aliphatic carbocycles. The molecule has 0 aliphatic heterocycles. The number of carbonyl (C=O) groups excluding carboxylic acids is 2. The highest BCUT2D eigenvalue weighted by molar-refractivity contribution is 7.86. The van der Waals surface area contributed by atoms with Crippen molar-refractivity contribution in [3.63, 3.8) is 0 Å². The standard InChI is InChI=1S/C15H21NO8S/c1-3-23-15(19)14(16-10-17)11-4-6-12(7-5-11)24-13(18)8-9-25(20,21)22-2/h4-7,10,14-15,19H,3,8-9H2,1-2H3,(H,16,17). The average molecular weight is 375 g/mol. The molecular weight excluding hydrogens is 354 g/mol. The van der Waals surface area contributed by atoms with Gasteiger partial charge in [-0.15, -0.1) is 0 Å². The zero-order valence-corrected chi connectivity index (χ0v) is 14.7. The van der Waals surface area contributed by atoms with Crippen molar-refractivity contribution in [3.05, 3.63) is 29.8 Å². The van der Waals surface area contributed by atoms with Gasteiger partial charge in [0.25, 0.3) is 10.1 Å². The van der Waals surface area contributed by atoms with E-state index in [1.165, 1.54) is 24.3 Å². The second kappa shape index (κ2) is 10.1. The van der Waals surface area contributed by atoms with Gasteiger partial charge in [0, 0.05) is 6.61 Å². The van der Waals surface area contributed by atoms with Crippen molar-refractivity contribution in [1.82, 2.24) is 5.32 Å². The molecule has 1 rings (SSSR count). The third-order valence-electron chi connectivity index (χ3n) is 3.15. The van der Waals surface area contributed by atoms with Crippen LogP contribution in [0.5, 0.6) is 5.75 Å². The fourth-order valence-corrected chi connectivity index (χ4v) is 2.48. The Morgan fingerprint density at radius 1 is 1.32 bits per heavy atom. The zero-order valence-electron chi connectivity index (χ0n) is 13.9. The summed E-state index contributed by atoms with van der Waals surface area (Å²) in [5.74, 6) is -1.02. The SMILES string of the molecule is CCOC(O)C(NC=O)c1ccc(OC(=O)CCS(=O)(=O)OC)cc1. The van der Waals surface area contributed by atoms with E-state index in [2.05, 4.69) is 9.50 Å². The predicted molar refractivity (Wildman–Crippen MR) is 87.1 cm³/mol. The first kappa shape index (κ1) is 21.0. The van der Waals surface area contributed by atoms with E-state index in [0.717, 1.165) is 7.11 Å². The summed E-state index contributed by atoms with van der Waals surface area (Å²) in [6.45, 7) is 1.96. The molecule has 140 valence electrons. The van der Waals surface area contributed by atoms with Crippen LogP contribution in [-0.4, -0.2) is 51.7 Å². The number of benzene rings is 1. The Labute approximate surface area is 146 Å². The number of rotatable bonds is 11. The molecule has 2 N–H and O–H groups in total. The highest BCUT2D eigenvalue weighted by Gasteiger charge is 2.21. The molecule has 0 saturated carbocycles. The topological polar surface area (TPSA) is 128 Å². The first-order valence-electron chi connectivity index (χ1n) is 7.41. The molecule has 0 heterocycles. The number of aliphatic hydroxyl groups is 1. The summed E-state index contributed by atoms with van der Waals surface area (Å²) < 4.78 is 36.6. The van der Waals surface area contributed by atoms with Gasteiger partial charge in [0.1, 0.15) is 11.8 Å². The summed E-state index contributed by atoms with van der Waals surface area (Å²) in [6, 6.07) is 5.21. The second-order valence-electron chi connectivity index (χ2n) is 4.83. The maximum atomic E-state index is 11.6. The van der Waals surface area contributed by atoms with Crippen LogP contribution in [-0.2, 0) is 28.6 Å². The van der Waals surface area contributed by atoms with Gasteiger partial charge in [0.15, 0.2) is 6.29 Å². The smallest absolute Gasteiger partial charge is 0.312 e. The molecule has 9 nitrogen and oxygen atoms in total. The molecule has 0 saturated heterocycles. The Morgan fingerprint density at radius 2 is 1.96 bits per heavy atom. The highest BCUT2D eigenvalue weighted by Crippen LogP contribution is 2.21. The van der Waals surface area contributed by atoms with Crippen molar-refractivity contribution >= 4 is 22.5 Å². The minimum Gasteiger partial charge on any atom is -0.427 e. The molecule has 10 heteroatoms. The van der Waals surface area contributed by atoms with Gasteiger partial charge in [0.2, 0.25) is 6.41 Å². The lowest BCUT2D eigenvalue weighted by molar-refractivity contribution is -0.134. The van der Waals surface area contributed by atoms with E-state index in [0.29, 0.717) is 12.0 Å². The van der Waals surface area contributed by atoms with E-state index < -0.39 is 34.2 Å². The molecule has 2 atom stereocenters. The molecule has 0 fully saturated rings. The first-order valence-corrected chi connectivity index (χ1v) is 8.99. The van der Waals surface area contributed by atoms with Crippen LogP contribution in [0.3, 0.4) is 0 Å². The van der Waals surface area contributed by atoms with Gasteiger partial charge < -0.3 is 19.9 Å². The number of nitrogens with one attached hydrogen (secondary N) is 1. The number of hydrogen-bond acceptors (Lipinski definition) is 8. The summed E-state index contributed by atoms with van der Waals surface area (Å²) in [5, 5.41) is 12.3. The van der Waals surface area contributed by atoms with Gasteiger partial charge in [-0.2, -0.15) is 8.42 Å². The Morgan fingerprint density at radius 3 is 2.48 bits per heavy atom. The monoisotopic (exact) mass is 375 g/mol. The van der Waals surface area contributed by atoms with E-state index in [1.54, 1.807) is 6.92 Å². The first-order chi connectivity index (χ1) is 11.8. The van der Waals surface area contributed by atoms with Gasteiger partial charge >= 0.3 is 5.97 Å². The Bertz CT molecular complexity index is 659. The third-order valence-corrected chi connectivity index (χ3v) is 4.36. The van der Waals surface area contributed by atoms with E-state index in [4.69, 9.17) is 9.47 Å². The summed E-state index contributed by atoms with van der Waals surface area (Å²) >= 11 is 0. The van der Waals surface area contributed by atoms with Crippen LogP contribution in [0.2, 0.25) is 0 Å². The fourth-order valence-electron chi connectivity index (χ4n) is 1.90. The number of aliphatic hydroxyl groups excluding tert-OH is 1. The molecule has 1 amide bonds. The van der Waals surface area contributed by atoms with Crippen molar-refractivity contribution in [2.24, 2.45) is 0 Å². The van der Waals surface area contributed by atoms with Crippen molar-refractivity contribution in [1.29, 1.82) is 0 Å². The van der Waals surface area contributed by atoms with Gasteiger partial charge in [-0.25, -0.2) is 0 Å². The minimum absolute atomic E-state index is 0.194. The lowest BCUT2D eigenvalue weighted by Crippen LogP contribution is -2.33.